The second-order valence-electron chi connectivity index (χ2n) is 5.92. The van der Waals surface area contributed by atoms with Gasteiger partial charge in [0.1, 0.15) is 11.9 Å². The van der Waals surface area contributed by atoms with E-state index in [1.165, 1.54) is 0 Å². The largest absolute Gasteiger partial charge is 0.493 e. The Labute approximate surface area is 157 Å². The highest BCUT2D eigenvalue weighted by atomic mass is 16.5. The lowest BCUT2D eigenvalue weighted by Gasteiger charge is -2.23. The lowest BCUT2D eigenvalue weighted by Crippen LogP contribution is -2.45. The predicted molar refractivity (Wildman–Crippen MR) is 98.7 cm³/mol. The summed E-state index contributed by atoms with van der Waals surface area (Å²) < 4.78 is 23.4. The zero-order valence-corrected chi connectivity index (χ0v) is 15.7. The fourth-order valence-corrected chi connectivity index (χ4v) is 2.95. The van der Waals surface area contributed by atoms with E-state index >= 15 is 0 Å². The molecule has 1 aliphatic heterocycles. The Bertz CT molecular complexity index is 786. The number of rotatable bonds is 7. The van der Waals surface area contributed by atoms with Crippen LogP contribution in [0.25, 0.3) is 0 Å². The first-order valence-corrected chi connectivity index (χ1v) is 8.60. The van der Waals surface area contributed by atoms with Crippen LogP contribution in [-0.4, -0.2) is 62.8 Å². The summed E-state index contributed by atoms with van der Waals surface area (Å²) in [4.78, 5) is 12.4. The van der Waals surface area contributed by atoms with Crippen LogP contribution in [-0.2, 0) is 16.1 Å². The van der Waals surface area contributed by atoms with E-state index < -0.39 is 6.10 Å². The van der Waals surface area contributed by atoms with Crippen LogP contribution in [0.2, 0.25) is 0 Å². The smallest absolute Gasteiger partial charge is 0.255 e. The molecule has 0 radical (unpaired) electrons. The van der Waals surface area contributed by atoms with Crippen molar-refractivity contribution >= 4 is 11.7 Å². The number of ether oxygens (including phenoxy) is 4. The van der Waals surface area contributed by atoms with Gasteiger partial charge in [-0.3, -0.25) is 4.79 Å². The van der Waals surface area contributed by atoms with E-state index in [0.717, 1.165) is 12.1 Å². The molecule has 1 saturated heterocycles. The molecule has 1 aromatic carbocycles. The zero-order valence-electron chi connectivity index (χ0n) is 15.7. The van der Waals surface area contributed by atoms with E-state index in [2.05, 4.69) is 15.7 Å². The third-order valence-corrected chi connectivity index (χ3v) is 4.29. The lowest BCUT2D eigenvalue weighted by atomic mass is 10.1. The number of hydrogen-bond acceptors (Lipinski definition) is 7. The number of benzene rings is 1. The molecule has 9 nitrogen and oxygen atoms in total. The van der Waals surface area contributed by atoms with E-state index in [0.29, 0.717) is 42.8 Å². The molecule has 0 unspecified atom stereocenters. The molecule has 9 heteroatoms. The average molecular weight is 376 g/mol. The number of hydrogen-bond donors (Lipinski definition) is 2. The standard InChI is InChI=1S/C18H24N4O5/c1-24-13-5-4-12(16(25-2)17(13)26-3)11-22-15(6-7-20-22)21-18(23)14-10-19-8-9-27-14/h4-7,14,19H,8-11H2,1-3H3,(H,21,23)/t14-/m1/s1. The van der Waals surface area contributed by atoms with Gasteiger partial charge in [-0.15, -0.1) is 0 Å². The molecule has 146 valence electrons. The Morgan fingerprint density at radius 1 is 1.26 bits per heavy atom. The minimum atomic E-state index is -0.516. The van der Waals surface area contributed by atoms with Crippen molar-refractivity contribution in [2.24, 2.45) is 0 Å². The number of nitrogens with zero attached hydrogens (tertiary/aromatic N) is 2. The van der Waals surface area contributed by atoms with Gasteiger partial charge < -0.3 is 29.6 Å². The van der Waals surface area contributed by atoms with E-state index in [4.69, 9.17) is 18.9 Å². The van der Waals surface area contributed by atoms with E-state index in [-0.39, 0.29) is 5.91 Å². The fourth-order valence-electron chi connectivity index (χ4n) is 2.95. The second-order valence-corrected chi connectivity index (χ2v) is 5.92. The number of carbonyl (C=O) groups excluding carboxylic acids is 1. The zero-order chi connectivity index (χ0) is 19.2. The third kappa shape index (κ3) is 4.15. The van der Waals surface area contributed by atoms with E-state index in [1.54, 1.807) is 44.3 Å². The fraction of sp³-hybridized carbons (Fsp3) is 0.444. The maximum atomic E-state index is 12.4. The highest BCUT2D eigenvalue weighted by Gasteiger charge is 2.23. The minimum absolute atomic E-state index is 0.205. The van der Waals surface area contributed by atoms with Crippen LogP contribution >= 0.6 is 0 Å². The first kappa shape index (κ1) is 19.0. The molecule has 1 atom stereocenters. The topological polar surface area (TPSA) is 95.9 Å². The third-order valence-electron chi connectivity index (χ3n) is 4.29. The number of aromatic nitrogens is 2. The molecule has 1 fully saturated rings. The number of nitrogens with one attached hydrogen (secondary N) is 2. The van der Waals surface area contributed by atoms with Crippen LogP contribution in [0.1, 0.15) is 5.56 Å². The Morgan fingerprint density at radius 3 is 2.74 bits per heavy atom. The quantitative estimate of drug-likeness (QED) is 0.741. The number of amides is 1. The first-order valence-electron chi connectivity index (χ1n) is 8.60. The Kier molecular flexibility index (Phi) is 6.15. The Hall–Kier alpha value is -2.78. The van der Waals surface area contributed by atoms with Crippen molar-refractivity contribution in [2.75, 3.05) is 46.3 Å². The summed E-state index contributed by atoms with van der Waals surface area (Å²) in [6.07, 6.45) is 1.11. The molecule has 1 aromatic heterocycles. The lowest BCUT2D eigenvalue weighted by molar-refractivity contribution is -0.128. The van der Waals surface area contributed by atoms with Crippen molar-refractivity contribution in [2.45, 2.75) is 12.6 Å². The number of methoxy groups -OCH3 is 3. The number of carbonyl (C=O) groups is 1. The molecular formula is C18H24N4O5. The molecule has 1 aliphatic rings. The molecule has 0 aliphatic carbocycles. The molecule has 0 saturated carbocycles. The van der Waals surface area contributed by atoms with Crippen LogP contribution in [0, 0.1) is 0 Å². The van der Waals surface area contributed by atoms with Gasteiger partial charge in [-0.2, -0.15) is 5.10 Å². The Balaban J connectivity index is 1.79. The summed E-state index contributed by atoms with van der Waals surface area (Å²) in [5.74, 6) is 2.02. The maximum absolute atomic E-state index is 12.4. The molecule has 0 bridgehead atoms. The van der Waals surface area contributed by atoms with E-state index in [9.17, 15) is 4.79 Å². The summed E-state index contributed by atoms with van der Waals surface area (Å²) in [7, 11) is 4.70. The van der Waals surface area contributed by atoms with Crippen molar-refractivity contribution in [3.05, 3.63) is 30.0 Å². The molecule has 27 heavy (non-hydrogen) atoms. The summed E-state index contributed by atoms with van der Waals surface area (Å²) >= 11 is 0. The maximum Gasteiger partial charge on any atom is 0.255 e. The van der Waals surface area contributed by atoms with Gasteiger partial charge in [0.2, 0.25) is 5.75 Å². The van der Waals surface area contributed by atoms with Crippen LogP contribution < -0.4 is 24.8 Å². The van der Waals surface area contributed by atoms with Crippen molar-refractivity contribution in [1.29, 1.82) is 0 Å². The van der Waals surface area contributed by atoms with Gasteiger partial charge in [-0.05, 0) is 12.1 Å². The molecule has 1 amide bonds. The highest BCUT2D eigenvalue weighted by Crippen LogP contribution is 2.40. The van der Waals surface area contributed by atoms with Crippen molar-refractivity contribution in [1.82, 2.24) is 15.1 Å². The number of anilines is 1. The van der Waals surface area contributed by atoms with Crippen LogP contribution in [0.15, 0.2) is 24.4 Å². The van der Waals surface area contributed by atoms with Crippen molar-refractivity contribution < 1.29 is 23.7 Å². The van der Waals surface area contributed by atoms with Crippen LogP contribution in [0.5, 0.6) is 17.2 Å². The van der Waals surface area contributed by atoms with E-state index in [1.807, 2.05) is 6.07 Å². The molecule has 2 N–H and O–H groups in total. The predicted octanol–water partition coefficient (Wildman–Crippen LogP) is 0.884. The van der Waals surface area contributed by atoms with Gasteiger partial charge in [0.25, 0.3) is 5.91 Å². The SMILES string of the molecule is COc1ccc(Cn2nccc2NC(=O)[C@H]2CNCCO2)c(OC)c1OC. The van der Waals surface area contributed by atoms with Crippen molar-refractivity contribution in [3.8, 4) is 17.2 Å². The van der Waals surface area contributed by atoms with Gasteiger partial charge in [0, 0.05) is 24.7 Å². The average Bonchev–Trinajstić information content (AvgIpc) is 3.14. The normalized spacial score (nSPS) is 16.6. The number of morpholine rings is 1. The Morgan fingerprint density at radius 2 is 2.07 bits per heavy atom. The van der Waals surface area contributed by atoms with Gasteiger partial charge >= 0.3 is 0 Å². The summed E-state index contributed by atoms with van der Waals surface area (Å²) in [6.45, 7) is 2.14. The molecular weight excluding hydrogens is 352 g/mol. The molecule has 3 rings (SSSR count). The monoisotopic (exact) mass is 376 g/mol. The second kappa shape index (κ2) is 8.74. The van der Waals surface area contributed by atoms with Crippen molar-refractivity contribution in [3.63, 3.8) is 0 Å². The summed E-state index contributed by atoms with van der Waals surface area (Å²) in [5, 5.41) is 10.3. The highest BCUT2D eigenvalue weighted by molar-refractivity contribution is 5.93. The van der Waals surface area contributed by atoms with Gasteiger partial charge in [0.05, 0.1) is 40.7 Å². The minimum Gasteiger partial charge on any atom is -0.493 e. The van der Waals surface area contributed by atoms with Gasteiger partial charge in [-0.25, -0.2) is 4.68 Å². The molecule has 0 spiro atoms. The molecule has 2 heterocycles. The molecule has 2 aromatic rings. The van der Waals surface area contributed by atoms with Gasteiger partial charge in [0.15, 0.2) is 11.5 Å². The van der Waals surface area contributed by atoms with Crippen LogP contribution in [0.4, 0.5) is 5.82 Å². The summed E-state index contributed by atoms with van der Waals surface area (Å²) in [6, 6.07) is 5.42. The summed E-state index contributed by atoms with van der Waals surface area (Å²) in [5.41, 5.74) is 0.838. The first-order chi connectivity index (χ1) is 13.2. The van der Waals surface area contributed by atoms with Crippen LogP contribution in [0.3, 0.4) is 0 Å². The van der Waals surface area contributed by atoms with Gasteiger partial charge in [-0.1, -0.05) is 0 Å².